The van der Waals surface area contributed by atoms with Crippen LogP contribution in [-0.4, -0.2) is 43.8 Å². The molecule has 0 bridgehead atoms. The molecule has 0 N–H and O–H groups in total. The molecule has 2 aromatic carbocycles. The lowest BCUT2D eigenvalue weighted by Gasteiger charge is -2.48. The van der Waals surface area contributed by atoms with E-state index >= 15 is 0 Å². The Morgan fingerprint density at radius 2 is 1.64 bits per heavy atom. The lowest BCUT2D eigenvalue weighted by atomic mass is 9.79. The number of benzene rings is 2. The second-order valence-electron chi connectivity index (χ2n) is 7.17. The van der Waals surface area contributed by atoms with Gasteiger partial charge in [-0.25, -0.2) is 8.42 Å². The Hall–Kier alpha value is -1.40. The molecule has 0 saturated carbocycles. The second-order valence-corrected chi connectivity index (χ2v) is 9.55. The van der Waals surface area contributed by atoms with Crippen molar-refractivity contribution in [2.45, 2.75) is 17.9 Å². The lowest BCUT2D eigenvalue weighted by Crippen LogP contribution is -2.57. The fraction of sp³-hybridized carbons (Fsp3) is 0.368. The van der Waals surface area contributed by atoms with E-state index in [0.29, 0.717) is 18.0 Å². The molecule has 0 amide bonds. The zero-order chi connectivity index (χ0) is 17.5. The van der Waals surface area contributed by atoms with Crippen molar-refractivity contribution in [1.82, 2.24) is 9.21 Å². The van der Waals surface area contributed by atoms with Gasteiger partial charge in [0.1, 0.15) is 0 Å². The SMILES string of the molecule is O=S(=O)(c1ccccc1)N1CCC2(CN(Cc3ccc(Cl)cc3)C2)C1. The van der Waals surface area contributed by atoms with Gasteiger partial charge in [0.25, 0.3) is 0 Å². The molecule has 6 heteroatoms. The maximum Gasteiger partial charge on any atom is 0.243 e. The van der Waals surface area contributed by atoms with Crippen LogP contribution in [0.5, 0.6) is 0 Å². The van der Waals surface area contributed by atoms with Crippen LogP contribution in [0.3, 0.4) is 0 Å². The van der Waals surface area contributed by atoms with Gasteiger partial charge >= 0.3 is 0 Å². The van der Waals surface area contributed by atoms with Crippen LogP contribution in [0.2, 0.25) is 5.02 Å². The number of sulfonamides is 1. The fourth-order valence-corrected chi connectivity index (χ4v) is 5.66. The van der Waals surface area contributed by atoms with Gasteiger partial charge in [-0.05, 0) is 36.2 Å². The highest BCUT2D eigenvalue weighted by atomic mass is 35.5. The van der Waals surface area contributed by atoms with Crippen molar-refractivity contribution in [3.05, 3.63) is 65.2 Å². The quantitative estimate of drug-likeness (QED) is 0.822. The third kappa shape index (κ3) is 3.34. The van der Waals surface area contributed by atoms with Crippen LogP contribution >= 0.6 is 11.6 Å². The molecule has 2 saturated heterocycles. The van der Waals surface area contributed by atoms with Gasteiger partial charge in [0, 0.05) is 43.2 Å². The van der Waals surface area contributed by atoms with E-state index in [9.17, 15) is 8.42 Å². The van der Waals surface area contributed by atoms with Crippen molar-refractivity contribution in [2.24, 2.45) is 5.41 Å². The van der Waals surface area contributed by atoms with Gasteiger partial charge < -0.3 is 0 Å². The largest absolute Gasteiger partial charge is 0.298 e. The molecule has 2 fully saturated rings. The van der Waals surface area contributed by atoms with E-state index in [0.717, 1.165) is 31.1 Å². The van der Waals surface area contributed by atoms with Crippen LogP contribution in [0.15, 0.2) is 59.5 Å². The molecule has 1 spiro atoms. The topological polar surface area (TPSA) is 40.6 Å². The van der Waals surface area contributed by atoms with E-state index in [4.69, 9.17) is 11.6 Å². The smallest absolute Gasteiger partial charge is 0.243 e. The summed E-state index contributed by atoms with van der Waals surface area (Å²) in [5.41, 5.74) is 1.36. The zero-order valence-electron chi connectivity index (χ0n) is 13.9. The average Bonchev–Trinajstić information content (AvgIpc) is 3.04. The molecule has 2 aliphatic heterocycles. The maximum atomic E-state index is 12.8. The first kappa shape index (κ1) is 17.0. The monoisotopic (exact) mass is 376 g/mol. The molecule has 0 aromatic heterocycles. The Labute approximate surface area is 154 Å². The minimum Gasteiger partial charge on any atom is -0.298 e. The van der Waals surface area contributed by atoms with Crippen LogP contribution in [-0.2, 0) is 16.6 Å². The van der Waals surface area contributed by atoms with Crippen molar-refractivity contribution in [1.29, 1.82) is 0 Å². The normalized spacial score (nSPS) is 20.7. The van der Waals surface area contributed by atoms with Gasteiger partial charge in [-0.15, -0.1) is 0 Å². The minimum absolute atomic E-state index is 0.119. The van der Waals surface area contributed by atoms with Crippen LogP contribution < -0.4 is 0 Å². The van der Waals surface area contributed by atoms with Gasteiger partial charge in [-0.2, -0.15) is 4.31 Å². The molecule has 0 aliphatic carbocycles. The number of likely N-dealkylation sites (tertiary alicyclic amines) is 1. The number of halogens is 1. The molecule has 0 radical (unpaired) electrons. The minimum atomic E-state index is -3.37. The third-order valence-corrected chi connectivity index (χ3v) is 7.33. The first-order valence-corrected chi connectivity index (χ1v) is 10.3. The van der Waals surface area contributed by atoms with Gasteiger partial charge in [0.2, 0.25) is 10.0 Å². The summed E-state index contributed by atoms with van der Waals surface area (Å²) in [4.78, 5) is 2.77. The summed E-state index contributed by atoms with van der Waals surface area (Å²) in [5, 5.41) is 0.751. The average molecular weight is 377 g/mol. The number of hydrogen-bond donors (Lipinski definition) is 0. The summed E-state index contributed by atoms with van der Waals surface area (Å²) >= 11 is 5.93. The van der Waals surface area contributed by atoms with Crippen molar-refractivity contribution < 1.29 is 8.42 Å². The van der Waals surface area contributed by atoms with Crippen molar-refractivity contribution >= 4 is 21.6 Å². The number of rotatable bonds is 4. The van der Waals surface area contributed by atoms with E-state index in [2.05, 4.69) is 4.90 Å². The van der Waals surface area contributed by atoms with E-state index < -0.39 is 10.0 Å². The van der Waals surface area contributed by atoms with E-state index in [1.165, 1.54) is 5.56 Å². The van der Waals surface area contributed by atoms with Crippen LogP contribution in [0.4, 0.5) is 0 Å². The third-order valence-electron chi connectivity index (χ3n) is 5.22. The molecule has 2 aromatic rings. The maximum absolute atomic E-state index is 12.8. The Bertz CT molecular complexity index is 847. The number of hydrogen-bond acceptors (Lipinski definition) is 3. The van der Waals surface area contributed by atoms with Gasteiger partial charge in [0.15, 0.2) is 0 Å². The summed E-state index contributed by atoms with van der Waals surface area (Å²) in [7, 11) is -3.37. The van der Waals surface area contributed by atoms with Crippen LogP contribution in [0.1, 0.15) is 12.0 Å². The molecule has 0 unspecified atom stereocenters. The molecule has 25 heavy (non-hydrogen) atoms. The summed E-state index contributed by atoms with van der Waals surface area (Å²) < 4.78 is 27.2. The van der Waals surface area contributed by atoms with E-state index in [1.807, 2.05) is 30.3 Å². The molecule has 2 aliphatic rings. The molecule has 132 valence electrons. The summed E-state index contributed by atoms with van der Waals surface area (Å²) in [5.74, 6) is 0. The highest BCUT2D eigenvalue weighted by Crippen LogP contribution is 2.41. The first-order valence-electron chi connectivity index (χ1n) is 8.49. The first-order chi connectivity index (χ1) is 12.0. The summed E-state index contributed by atoms with van der Waals surface area (Å²) in [6.45, 7) is 4.05. The van der Waals surface area contributed by atoms with Crippen molar-refractivity contribution in [3.63, 3.8) is 0 Å². The molecule has 4 nitrogen and oxygen atoms in total. The number of nitrogens with zero attached hydrogens (tertiary/aromatic N) is 2. The zero-order valence-corrected chi connectivity index (χ0v) is 15.5. The molecule has 2 heterocycles. The molecular formula is C19H21ClN2O2S. The van der Waals surface area contributed by atoms with Crippen molar-refractivity contribution in [3.8, 4) is 0 Å². The van der Waals surface area contributed by atoms with Gasteiger partial charge in [-0.1, -0.05) is 41.9 Å². The lowest BCUT2D eigenvalue weighted by molar-refractivity contribution is 0.00651. The predicted molar refractivity (Wildman–Crippen MR) is 99.0 cm³/mol. The standard InChI is InChI=1S/C19H21ClN2O2S/c20-17-8-6-16(7-9-17)12-21-13-19(14-21)10-11-22(15-19)25(23,24)18-4-2-1-3-5-18/h1-9H,10-15H2. The summed E-state index contributed by atoms with van der Waals surface area (Å²) in [6.07, 6.45) is 0.941. The van der Waals surface area contributed by atoms with E-state index in [1.54, 1.807) is 28.6 Å². The fourth-order valence-electron chi connectivity index (χ4n) is 3.96. The van der Waals surface area contributed by atoms with Crippen LogP contribution in [0.25, 0.3) is 0 Å². The Balaban J connectivity index is 1.38. The van der Waals surface area contributed by atoms with Crippen LogP contribution in [0, 0.1) is 5.41 Å². The summed E-state index contributed by atoms with van der Waals surface area (Å²) in [6, 6.07) is 16.7. The Morgan fingerprint density at radius 3 is 2.32 bits per heavy atom. The molecule has 4 rings (SSSR count). The predicted octanol–water partition coefficient (Wildman–Crippen LogP) is 3.24. The second kappa shape index (κ2) is 6.40. The Morgan fingerprint density at radius 1 is 0.960 bits per heavy atom. The van der Waals surface area contributed by atoms with Gasteiger partial charge in [0.05, 0.1) is 4.90 Å². The molecular weight excluding hydrogens is 356 g/mol. The van der Waals surface area contributed by atoms with E-state index in [-0.39, 0.29) is 5.41 Å². The van der Waals surface area contributed by atoms with Crippen molar-refractivity contribution in [2.75, 3.05) is 26.2 Å². The molecule has 0 atom stereocenters. The highest BCUT2D eigenvalue weighted by Gasteiger charge is 2.50. The Kier molecular flexibility index (Phi) is 4.36. The van der Waals surface area contributed by atoms with Gasteiger partial charge in [-0.3, -0.25) is 4.90 Å². The highest BCUT2D eigenvalue weighted by molar-refractivity contribution is 7.89.